The van der Waals surface area contributed by atoms with Crippen LogP contribution in [0, 0.1) is 5.92 Å². The van der Waals surface area contributed by atoms with Gasteiger partial charge in [-0.1, -0.05) is 12.1 Å². The van der Waals surface area contributed by atoms with E-state index in [0.29, 0.717) is 5.75 Å². The Hall–Kier alpha value is -1.20. The van der Waals surface area contributed by atoms with Gasteiger partial charge in [0.2, 0.25) is 5.91 Å². The summed E-state index contributed by atoms with van der Waals surface area (Å²) in [6.07, 6.45) is 0.888. The number of amides is 1. The zero-order valence-corrected chi connectivity index (χ0v) is 13.8. The van der Waals surface area contributed by atoms with Gasteiger partial charge in [0.25, 0.3) is 0 Å². The van der Waals surface area contributed by atoms with Crippen LogP contribution >= 0.6 is 0 Å². The van der Waals surface area contributed by atoms with Gasteiger partial charge in [0, 0.05) is 33.5 Å². The Kier molecular flexibility index (Phi) is 5.17. The molecule has 0 aromatic heterocycles. The number of carbonyl (C=O) groups excluding carboxylic acids is 1. The fourth-order valence-corrected chi connectivity index (χ4v) is 3.14. The highest BCUT2D eigenvalue weighted by Crippen LogP contribution is 2.19. The molecule has 1 saturated heterocycles. The second-order valence-electron chi connectivity index (χ2n) is 6.48. The predicted molar refractivity (Wildman–Crippen MR) is 87.6 cm³/mol. The zero-order chi connectivity index (χ0) is 15.5. The highest BCUT2D eigenvalue weighted by atomic mass is 32.2. The molecule has 4 nitrogen and oxygen atoms in total. The Morgan fingerprint density at radius 2 is 2.19 bits per heavy atom. The molecule has 1 fully saturated rings. The molecule has 21 heavy (non-hydrogen) atoms. The van der Waals surface area contributed by atoms with E-state index in [1.807, 2.05) is 45.0 Å². The second-order valence-corrected chi connectivity index (χ2v) is 8.69. The van der Waals surface area contributed by atoms with Crippen LogP contribution in [0.25, 0.3) is 0 Å². The monoisotopic (exact) mass is 308 g/mol. The van der Waals surface area contributed by atoms with E-state index in [1.165, 1.54) is 0 Å². The maximum absolute atomic E-state index is 12.2. The lowest BCUT2D eigenvalue weighted by molar-refractivity contribution is -0.119. The summed E-state index contributed by atoms with van der Waals surface area (Å²) in [5.41, 5.74) is 1.78. The Morgan fingerprint density at radius 3 is 2.81 bits per heavy atom. The second kappa shape index (κ2) is 6.71. The molecule has 0 saturated carbocycles. The van der Waals surface area contributed by atoms with Gasteiger partial charge in [-0.2, -0.15) is 0 Å². The van der Waals surface area contributed by atoms with E-state index < -0.39 is 10.8 Å². The van der Waals surface area contributed by atoms with Crippen molar-refractivity contribution in [2.45, 2.75) is 37.7 Å². The van der Waals surface area contributed by atoms with Crippen LogP contribution in [0.4, 0.5) is 5.69 Å². The summed E-state index contributed by atoms with van der Waals surface area (Å²) in [5.74, 6) is 0.629. The summed E-state index contributed by atoms with van der Waals surface area (Å²) in [6.45, 7) is 7.58. The average molecular weight is 308 g/mol. The van der Waals surface area contributed by atoms with E-state index in [4.69, 9.17) is 0 Å². The number of hydrogen-bond donors (Lipinski definition) is 2. The fraction of sp³-hybridized carbons (Fsp3) is 0.562. The third kappa shape index (κ3) is 4.64. The van der Waals surface area contributed by atoms with Gasteiger partial charge in [0.15, 0.2) is 0 Å². The summed E-state index contributed by atoms with van der Waals surface area (Å²) in [5, 5.41) is 6.15. The van der Waals surface area contributed by atoms with Gasteiger partial charge >= 0.3 is 0 Å². The Morgan fingerprint density at radius 1 is 1.43 bits per heavy atom. The Balaban J connectivity index is 2.00. The number of benzene rings is 1. The molecule has 0 bridgehead atoms. The summed E-state index contributed by atoms with van der Waals surface area (Å²) in [6, 6.07) is 7.65. The van der Waals surface area contributed by atoms with Crippen molar-refractivity contribution < 1.29 is 9.00 Å². The average Bonchev–Trinajstić information content (AvgIpc) is 2.91. The third-order valence-corrected chi connectivity index (χ3v) is 5.57. The van der Waals surface area contributed by atoms with Crippen molar-refractivity contribution in [2.24, 2.45) is 5.92 Å². The molecule has 2 unspecified atom stereocenters. The van der Waals surface area contributed by atoms with Crippen molar-refractivity contribution in [3.05, 3.63) is 29.8 Å². The molecule has 1 heterocycles. The molecule has 2 N–H and O–H groups in total. The Labute approximate surface area is 129 Å². The van der Waals surface area contributed by atoms with E-state index in [-0.39, 0.29) is 16.6 Å². The zero-order valence-electron chi connectivity index (χ0n) is 12.9. The van der Waals surface area contributed by atoms with Gasteiger partial charge in [-0.05, 0) is 51.4 Å². The summed E-state index contributed by atoms with van der Waals surface area (Å²) < 4.78 is 12.0. The van der Waals surface area contributed by atoms with Crippen LogP contribution in [0.5, 0.6) is 0 Å². The highest BCUT2D eigenvalue weighted by molar-refractivity contribution is 7.85. The topological polar surface area (TPSA) is 58.2 Å². The minimum atomic E-state index is -0.934. The molecule has 1 aromatic carbocycles. The summed E-state index contributed by atoms with van der Waals surface area (Å²) in [4.78, 5) is 12.1. The first kappa shape index (κ1) is 16.2. The van der Waals surface area contributed by atoms with Crippen LogP contribution in [-0.2, 0) is 21.3 Å². The predicted octanol–water partition coefficient (Wildman–Crippen LogP) is 2.28. The van der Waals surface area contributed by atoms with Crippen molar-refractivity contribution in [1.82, 2.24) is 5.32 Å². The first-order valence-corrected chi connectivity index (χ1v) is 8.67. The maximum Gasteiger partial charge on any atom is 0.228 e. The van der Waals surface area contributed by atoms with Crippen molar-refractivity contribution in [1.29, 1.82) is 0 Å². The van der Waals surface area contributed by atoms with Crippen molar-refractivity contribution >= 4 is 22.4 Å². The number of anilines is 1. The Bertz CT molecular complexity index is 531. The molecule has 0 spiro atoms. The van der Waals surface area contributed by atoms with E-state index in [1.54, 1.807) is 0 Å². The molecule has 116 valence electrons. The van der Waals surface area contributed by atoms with Gasteiger partial charge in [-0.3, -0.25) is 9.00 Å². The molecule has 2 rings (SSSR count). The van der Waals surface area contributed by atoms with Crippen LogP contribution in [0.3, 0.4) is 0 Å². The fourth-order valence-electron chi connectivity index (χ4n) is 2.23. The number of rotatable bonds is 4. The number of carbonyl (C=O) groups is 1. The van der Waals surface area contributed by atoms with Crippen LogP contribution in [0.2, 0.25) is 0 Å². The van der Waals surface area contributed by atoms with Crippen molar-refractivity contribution in [3.8, 4) is 0 Å². The van der Waals surface area contributed by atoms with Gasteiger partial charge in [-0.15, -0.1) is 0 Å². The lowest BCUT2D eigenvalue weighted by Crippen LogP contribution is -2.25. The quantitative estimate of drug-likeness (QED) is 0.897. The van der Waals surface area contributed by atoms with Gasteiger partial charge in [0.1, 0.15) is 0 Å². The smallest absolute Gasteiger partial charge is 0.228 e. The summed E-state index contributed by atoms with van der Waals surface area (Å²) in [7, 11) is -0.934. The van der Waals surface area contributed by atoms with Gasteiger partial charge < -0.3 is 10.6 Å². The maximum atomic E-state index is 12.2. The molecular weight excluding hydrogens is 284 g/mol. The van der Waals surface area contributed by atoms with Crippen molar-refractivity contribution in [3.63, 3.8) is 0 Å². The lowest BCUT2D eigenvalue weighted by atomic mass is 10.1. The molecule has 5 heteroatoms. The van der Waals surface area contributed by atoms with E-state index in [0.717, 1.165) is 30.8 Å². The first-order chi connectivity index (χ1) is 9.86. The molecular formula is C16H24N2O2S. The van der Waals surface area contributed by atoms with E-state index >= 15 is 0 Å². The minimum absolute atomic E-state index is 0.0531. The molecule has 1 amide bonds. The SMILES string of the molecule is CC(C)(C)S(=O)Cc1cccc(NC(=O)C2CCNC2)c1. The third-order valence-electron chi connectivity index (χ3n) is 3.61. The standard InChI is InChI=1S/C16H24N2O2S/c1-16(2,3)21(20)11-12-5-4-6-14(9-12)18-15(19)13-7-8-17-10-13/h4-6,9,13,17H,7-8,10-11H2,1-3H3,(H,18,19). The molecule has 0 aliphatic carbocycles. The molecule has 1 aromatic rings. The van der Waals surface area contributed by atoms with Gasteiger partial charge in [0.05, 0.1) is 5.92 Å². The number of hydrogen-bond acceptors (Lipinski definition) is 3. The normalized spacial score (nSPS) is 20.2. The minimum Gasteiger partial charge on any atom is -0.326 e. The van der Waals surface area contributed by atoms with Crippen LogP contribution < -0.4 is 10.6 Å². The lowest BCUT2D eigenvalue weighted by Gasteiger charge is -2.18. The van der Waals surface area contributed by atoms with Crippen LogP contribution in [0.15, 0.2) is 24.3 Å². The summed E-state index contributed by atoms with van der Waals surface area (Å²) >= 11 is 0. The number of nitrogens with one attached hydrogen (secondary N) is 2. The van der Waals surface area contributed by atoms with Crippen molar-refractivity contribution in [2.75, 3.05) is 18.4 Å². The van der Waals surface area contributed by atoms with Crippen LogP contribution in [-0.4, -0.2) is 28.0 Å². The van der Waals surface area contributed by atoms with Gasteiger partial charge in [-0.25, -0.2) is 0 Å². The highest BCUT2D eigenvalue weighted by Gasteiger charge is 2.23. The molecule has 1 aliphatic heterocycles. The largest absolute Gasteiger partial charge is 0.326 e. The van der Waals surface area contributed by atoms with E-state index in [9.17, 15) is 9.00 Å². The van der Waals surface area contributed by atoms with E-state index in [2.05, 4.69) is 10.6 Å². The molecule has 2 atom stereocenters. The molecule has 0 radical (unpaired) electrons. The first-order valence-electron chi connectivity index (χ1n) is 7.35. The molecule has 1 aliphatic rings. The van der Waals surface area contributed by atoms with Crippen LogP contribution in [0.1, 0.15) is 32.8 Å².